The zero-order valence-corrected chi connectivity index (χ0v) is 15.8. The first-order valence-corrected chi connectivity index (χ1v) is 9.55. The summed E-state index contributed by atoms with van der Waals surface area (Å²) in [7, 11) is 1.68. The van der Waals surface area contributed by atoms with E-state index in [1.54, 1.807) is 7.11 Å². The SMILES string of the molecule is COc1cccc2c1OCC(CN(Cc1ccccn1)C[C@H]1CCCO1)=C2. The van der Waals surface area contributed by atoms with E-state index >= 15 is 0 Å². The van der Waals surface area contributed by atoms with E-state index in [0.29, 0.717) is 12.7 Å². The molecule has 0 unspecified atom stereocenters. The molecular formula is C22H26N2O3. The number of hydrogen-bond donors (Lipinski definition) is 0. The molecule has 142 valence electrons. The van der Waals surface area contributed by atoms with E-state index < -0.39 is 0 Å². The van der Waals surface area contributed by atoms with Gasteiger partial charge in [-0.15, -0.1) is 0 Å². The Labute approximate surface area is 160 Å². The van der Waals surface area contributed by atoms with E-state index in [9.17, 15) is 0 Å². The minimum Gasteiger partial charge on any atom is -0.493 e. The maximum absolute atomic E-state index is 6.01. The summed E-state index contributed by atoms with van der Waals surface area (Å²) in [4.78, 5) is 6.91. The van der Waals surface area contributed by atoms with Gasteiger partial charge in [-0.1, -0.05) is 18.2 Å². The smallest absolute Gasteiger partial charge is 0.168 e. The highest BCUT2D eigenvalue weighted by Crippen LogP contribution is 2.35. The van der Waals surface area contributed by atoms with Gasteiger partial charge >= 0.3 is 0 Å². The van der Waals surface area contributed by atoms with Crippen molar-refractivity contribution in [2.45, 2.75) is 25.5 Å². The summed E-state index contributed by atoms with van der Waals surface area (Å²) in [5, 5.41) is 0. The number of rotatable bonds is 7. The molecule has 0 bridgehead atoms. The van der Waals surface area contributed by atoms with Crippen molar-refractivity contribution in [1.82, 2.24) is 9.88 Å². The van der Waals surface area contributed by atoms with E-state index in [1.165, 1.54) is 5.57 Å². The molecule has 5 heteroatoms. The molecule has 0 N–H and O–H groups in total. The topological polar surface area (TPSA) is 43.8 Å². The molecular weight excluding hydrogens is 340 g/mol. The third-order valence-corrected chi connectivity index (χ3v) is 5.02. The number of nitrogens with zero attached hydrogens (tertiary/aromatic N) is 2. The molecule has 3 heterocycles. The fourth-order valence-electron chi connectivity index (χ4n) is 3.75. The molecule has 1 fully saturated rings. The van der Waals surface area contributed by atoms with E-state index in [0.717, 1.165) is 61.8 Å². The quantitative estimate of drug-likeness (QED) is 0.750. The highest BCUT2D eigenvalue weighted by atomic mass is 16.5. The van der Waals surface area contributed by atoms with Crippen LogP contribution in [-0.4, -0.2) is 49.4 Å². The van der Waals surface area contributed by atoms with Crippen LogP contribution in [0.5, 0.6) is 11.5 Å². The molecule has 27 heavy (non-hydrogen) atoms. The Morgan fingerprint density at radius 2 is 2.15 bits per heavy atom. The van der Waals surface area contributed by atoms with Crippen LogP contribution < -0.4 is 9.47 Å². The minimum atomic E-state index is 0.311. The summed E-state index contributed by atoms with van der Waals surface area (Å²) in [6.07, 6.45) is 6.68. The summed E-state index contributed by atoms with van der Waals surface area (Å²) in [5.74, 6) is 1.62. The Morgan fingerprint density at radius 1 is 1.19 bits per heavy atom. The molecule has 4 rings (SSSR count). The highest BCUT2D eigenvalue weighted by molar-refractivity contribution is 5.66. The number of pyridine rings is 1. The van der Waals surface area contributed by atoms with Crippen molar-refractivity contribution in [3.05, 3.63) is 59.4 Å². The second-order valence-corrected chi connectivity index (χ2v) is 7.10. The Bertz CT molecular complexity index is 785. The Morgan fingerprint density at radius 3 is 2.93 bits per heavy atom. The first-order valence-electron chi connectivity index (χ1n) is 9.55. The standard InChI is InChI=1S/C22H26N2O3/c1-25-21-9-4-6-18-12-17(16-27-22(18)21)13-24(15-20-8-5-11-26-20)14-19-7-2-3-10-23-19/h2-4,6-7,9-10,12,20H,5,8,11,13-16H2,1H3/t20-/m1/s1. The van der Waals surface area contributed by atoms with Crippen molar-refractivity contribution in [3.63, 3.8) is 0 Å². The summed E-state index contributed by atoms with van der Waals surface area (Å²) in [6.45, 7) is 4.02. The summed E-state index contributed by atoms with van der Waals surface area (Å²) in [6, 6.07) is 12.1. The normalized spacial score (nSPS) is 18.7. The fourth-order valence-corrected chi connectivity index (χ4v) is 3.75. The van der Waals surface area contributed by atoms with Crippen molar-refractivity contribution in [2.24, 2.45) is 0 Å². The molecule has 1 atom stereocenters. The van der Waals surface area contributed by atoms with Crippen molar-refractivity contribution in [2.75, 3.05) is 33.4 Å². The lowest BCUT2D eigenvalue weighted by Gasteiger charge is -2.28. The number of hydrogen-bond acceptors (Lipinski definition) is 5. The number of fused-ring (bicyclic) bond motifs is 1. The molecule has 0 saturated carbocycles. The first-order chi connectivity index (χ1) is 13.3. The van der Waals surface area contributed by atoms with Crippen LogP contribution in [0.3, 0.4) is 0 Å². The fraction of sp³-hybridized carbons (Fsp3) is 0.409. The molecule has 2 aromatic rings. The van der Waals surface area contributed by atoms with Crippen LogP contribution in [0.1, 0.15) is 24.1 Å². The lowest BCUT2D eigenvalue weighted by atomic mass is 10.1. The molecule has 0 spiro atoms. The summed E-state index contributed by atoms with van der Waals surface area (Å²) < 4.78 is 17.3. The largest absolute Gasteiger partial charge is 0.493 e. The average Bonchev–Trinajstić information content (AvgIpc) is 3.21. The lowest BCUT2D eigenvalue weighted by molar-refractivity contribution is 0.0726. The highest BCUT2D eigenvalue weighted by Gasteiger charge is 2.22. The first kappa shape index (κ1) is 18.0. The van der Waals surface area contributed by atoms with Gasteiger partial charge in [0.1, 0.15) is 6.61 Å². The van der Waals surface area contributed by atoms with Crippen LogP contribution in [-0.2, 0) is 11.3 Å². The van der Waals surface area contributed by atoms with Crippen molar-refractivity contribution < 1.29 is 14.2 Å². The molecule has 5 nitrogen and oxygen atoms in total. The Hall–Kier alpha value is -2.37. The second kappa shape index (κ2) is 8.55. The van der Waals surface area contributed by atoms with Crippen LogP contribution in [0.4, 0.5) is 0 Å². The van der Waals surface area contributed by atoms with E-state index in [4.69, 9.17) is 14.2 Å². The van der Waals surface area contributed by atoms with Gasteiger partial charge in [0, 0.05) is 38.0 Å². The van der Waals surface area contributed by atoms with Gasteiger partial charge in [0.05, 0.1) is 18.9 Å². The van der Waals surface area contributed by atoms with Crippen LogP contribution in [0.15, 0.2) is 48.2 Å². The number of benzene rings is 1. The lowest BCUT2D eigenvalue weighted by Crippen LogP contribution is -2.34. The van der Waals surface area contributed by atoms with Gasteiger partial charge in [0.25, 0.3) is 0 Å². The van der Waals surface area contributed by atoms with Crippen molar-refractivity contribution >= 4 is 6.08 Å². The van der Waals surface area contributed by atoms with Gasteiger partial charge in [0.2, 0.25) is 0 Å². The van der Waals surface area contributed by atoms with Crippen LogP contribution >= 0.6 is 0 Å². The van der Waals surface area contributed by atoms with Gasteiger partial charge in [-0.05, 0) is 42.7 Å². The maximum Gasteiger partial charge on any atom is 0.168 e. The molecule has 0 aliphatic carbocycles. The summed E-state index contributed by atoms with van der Waals surface area (Å²) in [5.41, 5.74) is 3.41. The molecule has 0 radical (unpaired) electrons. The van der Waals surface area contributed by atoms with Gasteiger partial charge in [-0.2, -0.15) is 0 Å². The van der Waals surface area contributed by atoms with Crippen molar-refractivity contribution in [1.29, 1.82) is 0 Å². The van der Waals surface area contributed by atoms with E-state index in [1.807, 2.05) is 30.5 Å². The van der Waals surface area contributed by atoms with Gasteiger partial charge in [-0.3, -0.25) is 9.88 Å². The predicted molar refractivity (Wildman–Crippen MR) is 105 cm³/mol. The number of para-hydroxylation sites is 1. The molecule has 2 aliphatic heterocycles. The van der Waals surface area contributed by atoms with Crippen molar-refractivity contribution in [3.8, 4) is 11.5 Å². The number of ether oxygens (including phenoxy) is 3. The molecule has 2 aliphatic rings. The van der Waals surface area contributed by atoms with Crippen LogP contribution in [0, 0.1) is 0 Å². The van der Waals surface area contributed by atoms with Crippen LogP contribution in [0.2, 0.25) is 0 Å². The zero-order chi connectivity index (χ0) is 18.5. The molecule has 0 amide bonds. The van der Waals surface area contributed by atoms with Crippen LogP contribution in [0.25, 0.3) is 6.08 Å². The Kier molecular flexibility index (Phi) is 5.70. The van der Waals surface area contributed by atoms with Gasteiger partial charge < -0.3 is 14.2 Å². The molecule has 1 saturated heterocycles. The molecule has 1 aromatic carbocycles. The van der Waals surface area contributed by atoms with E-state index in [2.05, 4.69) is 28.1 Å². The molecule has 1 aromatic heterocycles. The number of methoxy groups -OCH3 is 1. The maximum atomic E-state index is 6.01. The van der Waals surface area contributed by atoms with Gasteiger partial charge in [0.15, 0.2) is 11.5 Å². The third-order valence-electron chi connectivity index (χ3n) is 5.02. The van der Waals surface area contributed by atoms with Gasteiger partial charge in [-0.25, -0.2) is 0 Å². The summed E-state index contributed by atoms with van der Waals surface area (Å²) >= 11 is 0. The monoisotopic (exact) mass is 366 g/mol. The Balaban J connectivity index is 1.50. The predicted octanol–water partition coefficient (Wildman–Crippen LogP) is 3.55. The average molecular weight is 366 g/mol. The minimum absolute atomic E-state index is 0.311. The van der Waals surface area contributed by atoms with E-state index in [-0.39, 0.29) is 0 Å². The second-order valence-electron chi connectivity index (χ2n) is 7.10. The third kappa shape index (κ3) is 4.49. The number of aromatic nitrogens is 1. The zero-order valence-electron chi connectivity index (χ0n) is 15.8.